The molecule has 6 heteroatoms. The fourth-order valence-electron chi connectivity index (χ4n) is 1.31. The van der Waals surface area contributed by atoms with Crippen LogP contribution >= 0.6 is 24.2 Å². The maximum absolute atomic E-state index is 13.0. The highest BCUT2D eigenvalue weighted by molar-refractivity contribution is 7.80. The van der Waals surface area contributed by atoms with Crippen molar-refractivity contribution in [3.63, 3.8) is 0 Å². The number of halogens is 2. The van der Waals surface area contributed by atoms with Crippen molar-refractivity contribution in [3.8, 4) is 5.75 Å². The van der Waals surface area contributed by atoms with Crippen LogP contribution in [0.15, 0.2) is 12.1 Å². The van der Waals surface area contributed by atoms with Crippen LogP contribution in [0, 0.1) is 5.82 Å². The third-order valence-corrected chi connectivity index (χ3v) is 2.71. The van der Waals surface area contributed by atoms with Gasteiger partial charge in [-0.3, -0.25) is 0 Å². The second kappa shape index (κ2) is 5.72. The monoisotopic (exact) mass is 266 g/mol. The lowest BCUT2D eigenvalue weighted by atomic mass is 10.0. The number of benzene rings is 1. The SMILES string of the molecule is Oc1c(Cl)cc(F)cc1C(O)C(O)CCS. The average Bonchev–Trinajstić information content (AvgIpc) is 2.22. The van der Waals surface area contributed by atoms with Gasteiger partial charge < -0.3 is 15.3 Å². The van der Waals surface area contributed by atoms with Crippen LogP contribution in [0.25, 0.3) is 0 Å². The predicted molar refractivity (Wildman–Crippen MR) is 62.5 cm³/mol. The molecule has 0 saturated carbocycles. The Kier molecular flexibility index (Phi) is 4.86. The highest BCUT2D eigenvalue weighted by Gasteiger charge is 2.22. The number of phenols is 1. The van der Waals surface area contributed by atoms with Gasteiger partial charge in [0.1, 0.15) is 17.7 Å². The van der Waals surface area contributed by atoms with Crippen LogP contribution in [0.2, 0.25) is 5.02 Å². The average molecular weight is 267 g/mol. The maximum Gasteiger partial charge on any atom is 0.140 e. The summed E-state index contributed by atoms with van der Waals surface area (Å²) in [5, 5.41) is 28.5. The van der Waals surface area contributed by atoms with Crippen molar-refractivity contribution in [1.29, 1.82) is 0 Å². The summed E-state index contributed by atoms with van der Waals surface area (Å²) >= 11 is 9.45. The van der Waals surface area contributed by atoms with Crippen LogP contribution < -0.4 is 0 Å². The first kappa shape index (κ1) is 13.6. The summed E-state index contributed by atoms with van der Waals surface area (Å²) in [5.41, 5.74) is -0.126. The molecule has 1 rings (SSSR count). The zero-order chi connectivity index (χ0) is 12.3. The summed E-state index contributed by atoms with van der Waals surface area (Å²) < 4.78 is 13.0. The molecule has 0 saturated heterocycles. The van der Waals surface area contributed by atoms with Crippen molar-refractivity contribution in [2.75, 3.05) is 5.75 Å². The Balaban J connectivity index is 3.03. The molecule has 0 radical (unpaired) electrons. The van der Waals surface area contributed by atoms with Gasteiger partial charge in [-0.2, -0.15) is 12.6 Å². The third kappa shape index (κ3) is 3.01. The van der Waals surface area contributed by atoms with E-state index in [9.17, 15) is 19.7 Å². The molecule has 0 fully saturated rings. The van der Waals surface area contributed by atoms with Gasteiger partial charge in [0.05, 0.1) is 11.1 Å². The highest BCUT2D eigenvalue weighted by atomic mass is 35.5. The van der Waals surface area contributed by atoms with Crippen molar-refractivity contribution < 1.29 is 19.7 Å². The quantitative estimate of drug-likeness (QED) is 0.630. The molecule has 2 unspecified atom stereocenters. The minimum absolute atomic E-state index is 0.126. The predicted octanol–water partition coefficient (Wildman–Crippen LogP) is 1.90. The number of hydrogen-bond donors (Lipinski definition) is 4. The molecule has 3 N–H and O–H groups in total. The molecule has 90 valence electrons. The second-order valence-corrected chi connectivity index (χ2v) is 4.20. The Morgan fingerprint density at radius 1 is 1.38 bits per heavy atom. The third-order valence-electron chi connectivity index (χ3n) is 2.17. The van der Waals surface area contributed by atoms with E-state index in [1.54, 1.807) is 0 Å². The largest absolute Gasteiger partial charge is 0.506 e. The number of thiol groups is 1. The summed E-state index contributed by atoms with van der Waals surface area (Å²) in [4.78, 5) is 0. The summed E-state index contributed by atoms with van der Waals surface area (Å²) in [5.74, 6) is -0.745. The van der Waals surface area contributed by atoms with Crippen LogP contribution in [0.3, 0.4) is 0 Å². The van der Waals surface area contributed by atoms with E-state index in [-0.39, 0.29) is 17.0 Å². The molecule has 3 nitrogen and oxygen atoms in total. The number of phenolic OH excluding ortho intramolecular Hbond substituents is 1. The van der Waals surface area contributed by atoms with Gasteiger partial charge in [0.25, 0.3) is 0 Å². The van der Waals surface area contributed by atoms with E-state index in [0.29, 0.717) is 5.75 Å². The van der Waals surface area contributed by atoms with Crippen LogP contribution in [0.1, 0.15) is 18.1 Å². The lowest BCUT2D eigenvalue weighted by Gasteiger charge is -2.18. The molecule has 0 spiro atoms. The molecule has 0 heterocycles. The Morgan fingerprint density at radius 3 is 2.56 bits per heavy atom. The van der Waals surface area contributed by atoms with E-state index in [1.165, 1.54) is 0 Å². The van der Waals surface area contributed by atoms with Crippen LogP contribution in [0.5, 0.6) is 5.75 Å². The Labute approximate surface area is 103 Å². The summed E-state index contributed by atoms with van der Waals surface area (Å²) in [6.07, 6.45) is -2.29. The van der Waals surface area contributed by atoms with Gasteiger partial charge in [0, 0.05) is 5.56 Å². The second-order valence-electron chi connectivity index (χ2n) is 3.35. The van der Waals surface area contributed by atoms with Gasteiger partial charge in [-0.05, 0) is 24.3 Å². The molecule has 1 aromatic carbocycles. The molecule has 16 heavy (non-hydrogen) atoms. The van der Waals surface area contributed by atoms with E-state index >= 15 is 0 Å². The number of rotatable bonds is 4. The fourth-order valence-corrected chi connectivity index (χ4v) is 1.79. The van der Waals surface area contributed by atoms with Gasteiger partial charge in [-0.25, -0.2) is 4.39 Å². The van der Waals surface area contributed by atoms with E-state index < -0.39 is 23.8 Å². The van der Waals surface area contributed by atoms with E-state index in [2.05, 4.69) is 12.6 Å². The Hall–Kier alpha value is -0.490. The first-order chi connectivity index (χ1) is 7.47. The van der Waals surface area contributed by atoms with Gasteiger partial charge in [0.15, 0.2) is 0 Å². The number of hydrogen-bond acceptors (Lipinski definition) is 4. The number of aliphatic hydroxyl groups is 2. The molecule has 0 aromatic heterocycles. The van der Waals surface area contributed by atoms with Crippen LogP contribution in [-0.4, -0.2) is 27.2 Å². The molecular formula is C10H12ClFO3S. The summed E-state index contributed by atoms with van der Waals surface area (Å²) in [7, 11) is 0. The van der Waals surface area contributed by atoms with Gasteiger partial charge in [-0.15, -0.1) is 0 Å². The number of aliphatic hydroxyl groups excluding tert-OH is 2. The van der Waals surface area contributed by atoms with E-state index in [4.69, 9.17) is 11.6 Å². The van der Waals surface area contributed by atoms with Crippen molar-refractivity contribution in [2.45, 2.75) is 18.6 Å². The standard InChI is InChI=1S/C10H12ClFO3S/c11-7-4-5(12)3-6(9(7)14)10(15)8(13)1-2-16/h3-4,8,10,13-16H,1-2H2. The first-order valence-electron chi connectivity index (χ1n) is 4.62. The summed E-state index contributed by atoms with van der Waals surface area (Å²) in [6, 6.07) is 1.87. The van der Waals surface area contributed by atoms with Crippen LogP contribution in [0.4, 0.5) is 4.39 Å². The van der Waals surface area contributed by atoms with Crippen molar-refractivity contribution in [3.05, 3.63) is 28.5 Å². The molecular weight excluding hydrogens is 255 g/mol. The van der Waals surface area contributed by atoms with Gasteiger partial charge in [0.2, 0.25) is 0 Å². The highest BCUT2D eigenvalue weighted by Crippen LogP contribution is 2.34. The Bertz CT molecular complexity index is 375. The van der Waals surface area contributed by atoms with Crippen molar-refractivity contribution >= 4 is 24.2 Å². The molecule has 1 aromatic rings. The maximum atomic E-state index is 13.0. The molecule has 0 aliphatic carbocycles. The van der Waals surface area contributed by atoms with Gasteiger partial charge >= 0.3 is 0 Å². The van der Waals surface area contributed by atoms with E-state index in [1.807, 2.05) is 0 Å². The molecule has 0 aliphatic heterocycles. The normalized spacial score (nSPS) is 14.8. The molecule has 2 atom stereocenters. The molecule has 0 aliphatic rings. The summed E-state index contributed by atoms with van der Waals surface area (Å²) in [6.45, 7) is 0. The lowest BCUT2D eigenvalue weighted by Crippen LogP contribution is -2.19. The zero-order valence-corrected chi connectivity index (χ0v) is 9.92. The topological polar surface area (TPSA) is 60.7 Å². The molecule has 0 bridgehead atoms. The number of aromatic hydroxyl groups is 1. The fraction of sp³-hybridized carbons (Fsp3) is 0.400. The van der Waals surface area contributed by atoms with Gasteiger partial charge in [-0.1, -0.05) is 11.6 Å². The van der Waals surface area contributed by atoms with Crippen LogP contribution in [-0.2, 0) is 0 Å². The molecule has 0 amide bonds. The smallest absolute Gasteiger partial charge is 0.140 e. The van der Waals surface area contributed by atoms with Crippen molar-refractivity contribution in [1.82, 2.24) is 0 Å². The Morgan fingerprint density at radius 2 is 2.00 bits per heavy atom. The minimum Gasteiger partial charge on any atom is -0.506 e. The minimum atomic E-state index is -1.39. The van der Waals surface area contributed by atoms with E-state index in [0.717, 1.165) is 12.1 Å². The zero-order valence-electron chi connectivity index (χ0n) is 8.27. The first-order valence-corrected chi connectivity index (χ1v) is 5.63. The van der Waals surface area contributed by atoms with Crippen molar-refractivity contribution in [2.24, 2.45) is 0 Å². The lowest BCUT2D eigenvalue weighted by molar-refractivity contribution is 0.0157.